The monoisotopic (exact) mass is 410 g/mol. The van der Waals surface area contributed by atoms with Crippen LogP contribution in [0.2, 0.25) is 0 Å². The number of allylic oxidation sites excluding steroid dienone is 5. The summed E-state index contributed by atoms with van der Waals surface area (Å²) in [4.78, 5) is 0. The topological polar surface area (TPSA) is 20.2 Å². The predicted octanol–water partition coefficient (Wildman–Crippen LogP) is 7.72. The van der Waals surface area contributed by atoms with Crippen LogP contribution in [0.5, 0.6) is 0 Å². The van der Waals surface area contributed by atoms with Gasteiger partial charge in [0, 0.05) is 0 Å². The van der Waals surface area contributed by atoms with Crippen molar-refractivity contribution in [1.82, 2.24) is 0 Å². The quantitative estimate of drug-likeness (QED) is 0.460. The number of hydrogen-bond acceptors (Lipinski definition) is 1. The highest BCUT2D eigenvalue weighted by Crippen LogP contribution is 2.66. The van der Waals surface area contributed by atoms with Crippen LogP contribution in [0.1, 0.15) is 92.9 Å². The van der Waals surface area contributed by atoms with E-state index in [1.165, 1.54) is 44.1 Å². The molecule has 1 nitrogen and oxygen atoms in total. The van der Waals surface area contributed by atoms with Gasteiger partial charge in [0.1, 0.15) is 0 Å². The van der Waals surface area contributed by atoms with E-state index in [9.17, 15) is 5.11 Å². The Hall–Kier alpha value is -0.820. The number of fused-ring (bicyclic) bond motifs is 5. The first-order valence-electron chi connectivity index (χ1n) is 13.0. The van der Waals surface area contributed by atoms with Crippen LogP contribution in [0, 0.1) is 46.3 Å². The lowest BCUT2D eigenvalue weighted by molar-refractivity contribution is 0.0382. The Morgan fingerprint density at radius 2 is 1.77 bits per heavy atom. The van der Waals surface area contributed by atoms with Crippen molar-refractivity contribution < 1.29 is 5.11 Å². The van der Waals surface area contributed by atoms with Crippen molar-refractivity contribution in [3.05, 3.63) is 35.5 Å². The summed E-state index contributed by atoms with van der Waals surface area (Å²) in [5.74, 6) is 4.45. The van der Waals surface area contributed by atoms with Crippen molar-refractivity contribution in [3.63, 3.8) is 0 Å². The highest BCUT2D eigenvalue weighted by atomic mass is 16.3. The lowest BCUT2D eigenvalue weighted by Gasteiger charge is -2.55. The molecule has 4 aliphatic carbocycles. The number of aliphatic hydroxyl groups is 1. The van der Waals surface area contributed by atoms with Gasteiger partial charge in [-0.05, 0) is 97.7 Å². The van der Waals surface area contributed by atoms with Crippen molar-refractivity contribution in [2.75, 3.05) is 0 Å². The minimum Gasteiger partial charge on any atom is -0.393 e. The fourth-order valence-electron chi connectivity index (χ4n) is 8.17. The molecule has 3 fully saturated rings. The second-order valence-corrected chi connectivity index (χ2v) is 12.1. The Bertz CT molecular complexity index is 727. The molecule has 30 heavy (non-hydrogen) atoms. The molecule has 3 saturated carbocycles. The van der Waals surface area contributed by atoms with Gasteiger partial charge in [-0.1, -0.05) is 77.0 Å². The molecular weight excluding hydrogens is 364 g/mol. The maximum atomic E-state index is 10.2. The zero-order valence-corrected chi connectivity index (χ0v) is 20.5. The first kappa shape index (κ1) is 22.4. The Balaban J connectivity index is 1.56. The Labute approximate surface area is 186 Å². The predicted molar refractivity (Wildman–Crippen MR) is 128 cm³/mol. The van der Waals surface area contributed by atoms with Gasteiger partial charge in [-0.25, -0.2) is 0 Å². The molecule has 168 valence electrons. The first-order valence-corrected chi connectivity index (χ1v) is 13.0. The van der Waals surface area contributed by atoms with Crippen molar-refractivity contribution in [3.8, 4) is 0 Å². The third-order valence-corrected chi connectivity index (χ3v) is 10.2. The molecule has 4 aliphatic rings. The molecule has 0 heterocycles. The maximum Gasteiger partial charge on any atom is 0.0578 e. The molecule has 1 unspecified atom stereocenters. The van der Waals surface area contributed by atoms with Crippen LogP contribution in [-0.4, -0.2) is 11.2 Å². The second kappa shape index (κ2) is 8.27. The minimum atomic E-state index is -0.116. The molecule has 0 saturated heterocycles. The molecule has 1 N–H and O–H groups in total. The van der Waals surface area contributed by atoms with Crippen LogP contribution in [-0.2, 0) is 0 Å². The lowest BCUT2D eigenvalue weighted by atomic mass is 9.50. The third kappa shape index (κ3) is 3.58. The van der Waals surface area contributed by atoms with E-state index in [4.69, 9.17) is 0 Å². The highest BCUT2D eigenvalue weighted by molar-refractivity contribution is 5.39. The standard InChI is InChI=1S/C29H46O/c1-7-21(19(2)3)9-8-20(4)25-12-13-26-24-11-10-22-18-23(30)14-16-28(22,5)27(24)15-17-29(25,26)6/h8-11,19-21,23,25-27,30H,7,12-18H2,1-6H3/t20-,21-,23?,25-,26+,27+,28+,29-/m1/s1. The molecule has 0 aliphatic heterocycles. The zero-order chi connectivity index (χ0) is 21.7. The first-order chi connectivity index (χ1) is 14.2. The van der Waals surface area contributed by atoms with Crippen LogP contribution < -0.4 is 0 Å². The van der Waals surface area contributed by atoms with Crippen LogP contribution in [0.3, 0.4) is 0 Å². The minimum absolute atomic E-state index is 0.116. The van der Waals surface area contributed by atoms with Crippen LogP contribution in [0.15, 0.2) is 35.5 Å². The summed E-state index contributed by atoms with van der Waals surface area (Å²) in [6.45, 7) is 14.7. The van der Waals surface area contributed by atoms with Gasteiger partial charge in [0.2, 0.25) is 0 Å². The van der Waals surface area contributed by atoms with Crippen molar-refractivity contribution in [1.29, 1.82) is 0 Å². The van der Waals surface area contributed by atoms with Gasteiger partial charge in [-0.2, -0.15) is 0 Å². The van der Waals surface area contributed by atoms with E-state index in [-0.39, 0.29) is 6.10 Å². The van der Waals surface area contributed by atoms with Gasteiger partial charge in [0.15, 0.2) is 0 Å². The second-order valence-electron chi connectivity index (χ2n) is 12.1. The fraction of sp³-hybridized carbons (Fsp3) is 0.793. The normalized spacial score (nSPS) is 42.9. The van der Waals surface area contributed by atoms with E-state index >= 15 is 0 Å². The van der Waals surface area contributed by atoms with Gasteiger partial charge in [0.25, 0.3) is 0 Å². The lowest BCUT2D eigenvalue weighted by Crippen LogP contribution is -2.46. The summed E-state index contributed by atoms with van der Waals surface area (Å²) in [5.41, 5.74) is 4.07. The van der Waals surface area contributed by atoms with E-state index in [2.05, 4.69) is 65.8 Å². The third-order valence-electron chi connectivity index (χ3n) is 10.2. The average Bonchev–Trinajstić information content (AvgIpc) is 3.06. The summed E-state index contributed by atoms with van der Waals surface area (Å²) in [6, 6.07) is 0. The van der Waals surface area contributed by atoms with Crippen LogP contribution >= 0.6 is 0 Å². The molecule has 8 atom stereocenters. The van der Waals surface area contributed by atoms with Crippen LogP contribution in [0.25, 0.3) is 0 Å². The van der Waals surface area contributed by atoms with Crippen molar-refractivity contribution in [2.45, 2.75) is 99.0 Å². The molecule has 0 spiro atoms. The van der Waals surface area contributed by atoms with Crippen molar-refractivity contribution in [2.24, 2.45) is 46.3 Å². The van der Waals surface area contributed by atoms with Crippen molar-refractivity contribution >= 4 is 0 Å². The van der Waals surface area contributed by atoms with Gasteiger partial charge >= 0.3 is 0 Å². The van der Waals surface area contributed by atoms with Gasteiger partial charge in [-0.3, -0.25) is 0 Å². The fourth-order valence-corrected chi connectivity index (χ4v) is 8.17. The summed E-state index contributed by atoms with van der Waals surface area (Å²) in [7, 11) is 0. The molecular formula is C29H46O. The van der Waals surface area contributed by atoms with E-state index in [1.54, 1.807) is 5.57 Å². The highest BCUT2D eigenvalue weighted by Gasteiger charge is 2.56. The molecule has 0 radical (unpaired) electrons. The molecule has 0 aromatic carbocycles. The van der Waals surface area contributed by atoms with Gasteiger partial charge < -0.3 is 5.11 Å². The Kier molecular flexibility index (Phi) is 6.17. The van der Waals surface area contributed by atoms with E-state index in [1.807, 2.05) is 0 Å². The smallest absolute Gasteiger partial charge is 0.0578 e. The summed E-state index contributed by atoms with van der Waals surface area (Å²) in [5, 5.41) is 10.2. The van der Waals surface area contributed by atoms with Gasteiger partial charge in [0.05, 0.1) is 6.10 Å². The molecule has 0 aromatic rings. The summed E-state index contributed by atoms with van der Waals surface area (Å²) >= 11 is 0. The van der Waals surface area contributed by atoms with E-state index < -0.39 is 0 Å². The number of rotatable bonds is 5. The summed E-state index contributed by atoms with van der Waals surface area (Å²) < 4.78 is 0. The molecule has 0 aromatic heterocycles. The van der Waals surface area contributed by atoms with Gasteiger partial charge in [-0.15, -0.1) is 0 Å². The summed E-state index contributed by atoms with van der Waals surface area (Å²) in [6.07, 6.45) is 19.7. The zero-order valence-electron chi connectivity index (χ0n) is 20.5. The Morgan fingerprint density at radius 3 is 2.47 bits per heavy atom. The molecule has 4 rings (SSSR count). The average molecular weight is 411 g/mol. The molecule has 0 amide bonds. The van der Waals surface area contributed by atoms with E-state index in [0.29, 0.717) is 16.7 Å². The maximum absolute atomic E-state index is 10.2. The Morgan fingerprint density at radius 1 is 1.00 bits per heavy atom. The number of aliphatic hydroxyl groups excluding tert-OH is 1. The largest absolute Gasteiger partial charge is 0.393 e. The van der Waals surface area contributed by atoms with E-state index in [0.717, 1.165) is 42.4 Å². The van der Waals surface area contributed by atoms with Crippen LogP contribution in [0.4, 0.5) is 0 Å². The SMILES string of the molecule is CC[C@H](C=C[C@@H](C)[C@H]1CC[C@H]2C3=CC=C4CC(O)CC[C@]4(C)[C@H]3CC[C@]12C)C(C)C. The molecule has 0 bridgehead atoms. The molecule has 1 heteroatoms. The number of hydrogen-bond donors (Lipinski definition) is 1.